The molecule has 0 aromatic carbocycles. The number of hydrogen-bond acceptors (Lipinski definition) is 6. The van der Waals surface area contributed by atoms with E-state index >= 15 is 0 Å². The number of nitrogen functional groups attached to an aromatic ring is 1. The van der Waals surface area contributed by atoms with Gasteiger partial charge in [-0.2, -0.15) is 4.98 Å². The van der Waals surface area contributed by atoms with E-state index in [2.05, 4.69) is 54.5 Å². The molecule has 2 heterocycles. The monoisotopic (exact) mass is 279 g/mol. The van der Waals surface area contributed by atoms with Crippen LogP contribution in [0.2, 0.25) is 0 Å². The van der Waals surface area contributed by atoms with E-state index in [4.69, 9.17) is 5.84 Å². The Morgan fingerprint density at radius 3 is 2.68 bits per heavy atom. The minimum Gasteiger partial charge on any atom is -0.369 e. The van der Waals surface area contributed by atoms with E-state index < -0.39 is 0 Å². The van der Waals surface area contributed by atoms with Crippen LogP contribution in [0.1, 0.15) is 32.1 Å². The number of nitrogens with two attached hydrogens (primary N) is 1. The third-order valence-corrected chi connectivity index (χ3v) is 3.76. The fourth-order valence-electron chi connectivity index (χ4n) is 1.80. The molecule has 104 valence electrons. The maximum Gasteiger partial charge on any atom is 0.240 e. The molecule has 0 saturated heterocycles. The molecule has 0 aliphatic carbocycles. The highest BCUT2D eigenvalue weighted by Crippen LogP contribution is 2.29. The van der Waals surface area contributed by atoms with E-state index in [1.165, 1.54) is 4.88 Å². The second-order valence-corrected chi connectivity index (χ2v) is 7.09. The summed E-state index contributed by atoms with van der Waals surface area (Å²) in [5.41, 5.74) is 2.82. The lowest BCUT2D eigenvalue weighted by Crippen LogP contribution is -2.15. The van der Waals surface area contributed by atoms with Crippen molar-refractivity contribution in [1.82, 2.24) is 9.97 Å². The summed E-state index contributed by atoms with van der Waals surface area (Å²) in [5.74, 6) is 6.72. The summed E-state index contributed by atoms with van der Waals surface area (Å²) in [6.45, 7) is 9.64. The van der Waals surface area contributed by atoms with Crippen LogP contribution in [-0.2, 0) is 0 Å². The quantitative estimate of drug-likeness (QED) is 0.592. The first-order valence-electron chi connectivity index (χ1n) is 6.38. The third kappa shape index (κ3) is 3.54. The molecule has 0 bridgehead atoms. The third-order valence-electron chi connectivity index (χ3n) is 2.81. The van der Waals surface area contributed by atoms with Gasteiger partial charge in [-0.25, -0.2) is 10.8 Å². The highest BCUT2D eigenvalue weighted by molar-refractivity contribution is 7.18. The van der Waals surface area contributed by atoms with Crippen LogP contribution in [0.4, 0.5) is 11.8 Å². The summed E-state index contributed by atoms with van der Waals surface area (Å²) in [7, 11) is 0. The zero-order valence-electron chi connectivity index (χ0n) is 11.9. The predicted octanol–water partition coefficient (Wildman–Crippen LogP) is 3.13. The summed E-state index contributed by atoms with van der Waals surface area (Å²) in [6.07, 6.45) is 1.08. The Morgan fingerprint density at radius 1 is 1.32 bits per heavy atom. The Hall–Kier alpha value is -1.40. The number of thiophene rings is 1. The Balaban J connectivity index is 2.25. The zero-order valence-corrected chi connectivity index (χ0v) is 12.7. The average Bonchev–Trinajstić information content (AvgIpc) is 2.67. The van der Waals surface area contributed by atoms with Crippen LogP contribution in [0, 0.1) is 12.3 Å². The normalized spacial score (nSPS) is 11.8. The maximum absolute atomic E-state index is 5.42. The average molecular weight is 279 g/mol. The molecule has 0 unspecified atom stereocenters. The first kappa shape index (κ1) is 14.0. The second kappa shape index (κ2) is 5.30. The van der Waals surface area contributed by atoms with Crippen LogP contribution < -0.4 is 16.6 Å². The van der Waals surface area contributed by atoms with Crippen LogP contribution in [0.5, 0.6) is 0 Å². The fraction of sp³-hybridized carbons (Fsp3) is 0.538. The van der Waals surface area contributed by atoms with Gasteiger partial charge in [-0.15, -0.1) is 11.3 Å². The smallest absolute Gasteiger partial charge is 0.240 e. The fourth-order valence-corrected chi connectivity index (χ4v) is 2.68. The number of nitrogens with zero attached hydrogens (tertiary/aromatic N) is 2. The van der Waals surface area contributed by atoms with Crippen LogP contribution in [0.15, 0.2) is 6.07 Å². The van der Waals surface area contributed by atoms with Gasteiger partial charge in [0, 0.05) is 11.4 Å². The highest BCUT2D eigenvalue weighted by Gasteiger charge is 2.12. The lowest BCUT2D eigenvalue weighted by molar-refractivity contribution is 0.389. The van der Waals surface area contributed by atoms with Crippen molar-refractivity contribution in [1.29, 1.82) is 0 Å². The minimum atomic E-state index is 0.304. The van der Waals surface area contributed by atoms with Crippen molar-refractivity contribution in [2.75, 3.05) is 17.3 Å². The maximum atomic E-state index is 5.42. The summed E-state index contributed by atoms with van der Waals surface area (Å²) in [4.78, 5) is 10.9. The molecule has 2 aromatic heterocycles. The molecule has 0 aliphatic rings. The molecule has 4 N–H and O–H groups in total. The van der Waals surface area contributed by atoms with E-state index in [0.717, 1.165) is 29.0 Å². The number of hydrazine groups is 1. The minimum absolute atomic E-state index is 0.304. The SMILES string of the molecule is Cc1cc2c(NCCC(C)(C)C)nc(NN)nc2s1. The van der Waals surface area contributed by atoms with Gasteiger partial charge in [-0.1, -0.05) is 20.8 Å². The molecule has 0 fully saturated rings. The van der Waals surface area contributed by atoms with Crippen molar-refractivity contribution in [3.8, 4) is 0 Å². The predicted molar refractivity (Wildman–Crippen MR) is 82.5 cm³/mol. The molecule has 0 saturated carbocycles. The summed E-state index contributed by atoms with van der Waals surface area (Å²) < 4.78 is 0. The van der Waals surface area contributed by atoms with Crippen molar-refractivity contribution < 1.29 is 0 Å². The molecule has 0 aliphatic heterocycles. The van der Waals surface area contributed by atoms with Gasteiger partial charge in [-0.05, 0) is 24.8 Å². The molecule has 5 nitrogen and oxygen atoms in total. The summed E-state index contributed by atoms with van der Waals surface area (Å²) in [5, 5.41) is 4.46. The molecular weight excluding hydrogens is 258 g/mol. The van der Waals surface area contributed by atoms with E-state index in [0.29, 0.717) is 11.4 Å². The van der Waals surface area contributed by atoms with Gasteiger partial charge in [0.15, 0.2) is 0 Å². The highest BCUT2D eigenvalue weighted by atomic mass is 32.1. The molecule has 0 amide bonds. The van der Waals surface area contributed by atoms with E-state index in [1.54, 1.807) is 11.3 Å². The number of nitrogens with one attached hydrogen (secondary N) is 2. The topological polar surface area (TPSA) is 75.9 Å². The van der Waals surface area contributed by atoms with Crippen LogP contribution in [0.3, 0.4) is 0 Å². The van der Waals surface area contributed by atoms with Crippen molar-refractivity contribution in [2.24, 2.45) is 11.3 Å². The van der Waals surface area contributed by atoms with Gasteiger partial charge in [0.25, 0.3) is 0 Å². The van der Waals surface area contributed by atoms with Gasteiger partial charge in [0.2, 0.25) is 5.95 Å². The lowest BCUT2D eigenvalue weighted by atomic mass is 9.92. The second-order valence-electron chi connectivity index (χ2n) is 5.85. The van der Waals surface area contributed by atoms with Gasteiger partial charge in [0.05, 0.1) is 5.39 Å². The molecule has 0 spiro atoms. The molecule has 2 rings (SSSR count). The van der Waals surface area contributed by atoms with Gasteiger partial charge in [-0.3, -0.25) is 5.43 Å². The number of anilines is 2. The van der Waals surface area contributed by atoms with Crippen molar-refractivity contribution in [2.45, 2.75) is 34.1 Å². The molecule has 6 heteroatoms. The summed E-state index contributed by atoms with van der Waals surface area (Å²) >= 11 is 1.65. The van der Waals surface area contributed by atoms with Crippen molar-refractivity contribution in [3.05, 3.63) is 10.9 Å². The number of fused-ring (bicyclic) bond motifs is 1. The molecule has 0 atom stereocenters. The molecule has 0 radical (unpaired) electrons. The van der Waals surface area contributed by atoms with Crippen molar-refractivity contribution >= 4 is 33.3 Å². The zero-order chi connectivity index (χ0) is 14.0. The first-order chi connectivity index (χ1) is 8.89. The molecule has 19 heavy (non-hydrogen) atoms. The van der Waals surface area contributed by atoms with Gasteiger partial charge < -0.3 is 5.32 Å². The van der Waals surface area contributed by atoms with Gasteiger partial charge >= 0.3 is 0 Å². The van der Waals surface area contributed by atoms with Gasteiger partial charge in [0.1, 0.15) is 10.6 Å². The van der Waals surface area contributed by atoms with E-state index in [9.17, 15) is 0 Å². The Kier molecular flexibility index (Phi) is 3.91. The van der Waals surface area contributed by atoms with Crippen LogP contribution in [-0.4, -0.2) is 16.5 Å². The Morgan fingerprint density at radius 2 is 2.05 bits per heavy atom. The largest absolute Gasteiger partial charge is 0.369 e. The number of aromatic nitrogens is 2. The molecule has 2 aromatic rings. The van der Waals surface area contributed by atoms with E-state index in [-0.39, 0.29) is 0 Å². The number of aryl methyl sites for hydroxylation is 1. The van der Waals surface area contributed by atoms with E-state index in [1.807, 2.05) is 0 Å². The first-order valence-corrected chi connectivity index (χ1v) is 7.19. The standard InChI is InChI=1S/C13H21N5S/c1-8-7-9-10(15-6-5-13(2,3)4)16-12(18-14)17-11(9)19-8/h7H,5-6,14H2,1-4H3,(H2,15,16,17,18). The Labute approximate surface area is 117 Å². The van der Waals surface area contributed by atoms with Crippen LogP contribution in [0.25, 0.3) is 10.2 Å². The lowest BCUT2D eigenvalue weighted by Gasteiger charge is -2.18. The number of hydrogen-bond donors (Lipinski definition) is 3. The Bertz CT molecular complexity index is 570. The summed E-state index contributed by atoms with van der Waals surface area (Å²) in [6, 6.07) is 2.11. The molecular formula is C13H21N5S. The van der Waals surface area contributed by atoms with Crippen molar-refractivity contribution in [3.63, 3.8) is 0 Å². The van der Waals surface area contributed by atoms with Crippen LogP contribution >= 0.6 is 11.3 Å². The number of rotatable bonds is 4.